The Morgan fingerprint density at radius 3 is 2.03 bits per heavy atom. The van der Waals surface area contributed by atoms with Gasteiger partial charge >= 0.3 is 5.97 Å². The van der Waals surface area contributed by atoms with Crippen molar-refractivity contribution in [3.8, 4) is 11.1 Å². The van der Waals surface area contributed by atoms with Gasteiger partial charge in [-0.3, -0.25) is 0 Å². The largest absolute Gasteiger partial charge is 0.479 e. The van der Waals surface area contributed by atoms with E-state index in [1.807, 2.05) is 65.8 Å². The fourth-order valence-electron chi connectivity index (χ4n) is 4.54. The summed E-state index contributed by atoms with van der Waals surface area (Å²) in [6, 6.07) is 7.71. The lowest BCUT2D eigenvalue weighted by Crippen LogP contribution is -2.40. The van der Waals surface area contributed by atoms with Gasteiger partial charge in [0.2, 0.25) is 0 Å². The Hall–Kier alpha value is -2.26. The van der Waals surface area contributed by atoms with Crippen LogP contribution in [0.25, 0.3) is 11.1 Å². The maximum absolute atomic E-state index is 12.9. The molecule has 0 saturated carbocycles. The molecule has 2 aromatic rings. The number of carboxylic acid groups (broad SMARTS) is 1. The molecule has 0 amide bonds. The third kappa shape index (κ3) is 5.35. The second kappa shape index (κ2) is 9.41. The summed E-state index contributed by atoms with van der Waals surface area (Å²) < 4.78 is 36.0. The van der Waals surface area contributed by atoms with Gasteiger partial charge in [-0.25, -0.2) is 4.79 Å². The Labute approximate surface area is 203 Å². The Balaban J connectivity index is 2.28. The van der Waals surface area contributed by atoms with Crippen molar-refractivity contribution in [1.29, 1.82) is 0 Å². The van der Waals surface area contributed by atoms with Crippen LogP contribution in [0.15, 0.2) is 24.3 Å². The molecule has 34 heavy (non-hydrogen) atoms. The summed E-state index contributed by atoms with van der Waals surface area (Å²) in [5.41, 5.74) is 6.08. The normalized spacial score (nSPS) is 15.6. The molecule has 2 aromatic carbocycles. The molecule has 186 valence electrons. The third-order valence-corrected chi connectivity index (χ3v) is 7.72. The van der Waals surface area contributed by atoms with Gasteiger partial charge < -0.3 is 9.84 Å². The lowest BCUT2D eigenvalue weighted by molar-refractivity contribution is -0.160. The van der Waals surface area contributed by atoms with E-state index in [2.05, 4.69) is 4.72 Å². The molecule has 0 radical (unpaired) electrons. The summed E-state index contributed by atoms with van der Waals surface area (Å²) in [4.78, 5) is 12.5. The zero-order valence-corrected chi connectivity index (χ0v) is 22.1. The van der Waals surface area contributed by atoms with E-state index in [0.29, 0.717) is 5.56 Å². The Morgan fingerprint density at radius 1 is 1.03 bits per heavy atom. The second-order valence-corrected chi connectivity index (χ2v) is 12.1. The van der Waals surface area contributed by atoms with Crippen LogP contribution in [0.2, 0.25) is 0 Å². The minimum absolute atomic E-state index is 0.188. The van der Waals surface area contributed by atoms with Gasteiger partial charge in [-0.05, 0) is 88.8 Å². The molecule has 0 aliphatic carbocycles. The van der Waals surface area contributed by atoms with Crippen LogP contribution < -0.4 is 4.72 Å². The zero-order valence-electron chi connectivity index (χ0n) is 21.3. The number of benzene rings is 2. The molecule has 1 aliphatic heterocycles. The fraction of sp³-hybridized carbons (Fsp3) is 0.500. The molecule has 1 atom stereocenters. The van der Waals surface area contributed by atoms with E-state index in [9.17, 15) is 18.3 Å². The van der Waals surface area contributed by atoms with Crippen LogP contribution >= 0.6 is 0 Å². The highest BCUT2D eigenvalue weighted by Gasteiger charge is 2.38. The summed E-state index contributed by atoms with van der Waals surface area (Å²) in [5, 5.41) is 10.2. The molecule has 0 fully saturated rings. The van der Waals surface area contributed by atoms with Crippen molar-refractivity contribution in [2.45, 2.75) is 86.2 Å². The molecular weight excluding hydrogens is 452 g/mol. The van der Waals surface area contributed by atoms with Gasteiger partial charge in [0.25, 0.3) is 10.2 Å². The number of aliphatic carboxylic acids is 1. The highest BCUT2D eigenvalue weighted by atomic mass is 32.2. The topological polar surface area (TPSA) is 95.9 Å². The standard InChI is InChI=1S/C26H36N2O5S/c1-15(2)27-34(31,32)28-13-20-17(4)22(19-11-9-16(3)10-12-19)23(18(5)21(20)14-28)24(25(29)30)33-26(6,7)8/h9-12,15,24,27H,13-14H2,1-8H3,(H,29,30). The molecule has 2 N–H and O–H groups in total. The van der Waals surface area contributed by atoms with Crippen molar-refractivity contribution in [3.05, 3.63) is 57.6 Å². The molecule has 3 rings (SSSR count). The van der Waals surface area contributed by atoms with Crippen LogP contribution in [0.1, 0.15) is 74.1 Å². The van der Waals surface area contributed by atoms with E-state index in [0.717, 1.165) is 38.9 Å². The number of hydrogen-bond donors (Lipinski definition) is 2. The molecule has 0 bridgehead atoms. The van der Waals surface area contributed by atoms with Gasteiger partial charge in [0, 0.05) is 24.7 Å². The van der Waals surface area contributed by atoms with E-state index >= 15 is 0 Å². The first-order chi connectivity index (χ1) is 15.6. The van der Waals surface area contributed by atoms with E-state index in [-0.39, 0.29) is 19.1 Å². The third-order valence-electron chi connectivity index (χ3n) is 6.01. The van der Waals surface area contributed by atoms with Crippen LogP contribution in [0.4, 0.5) is 0 Å². The first-order valence-electron chi connectivity index (χ1n) is 11.5. The summed E-state index contributed by atoms with van der Waals surface area (Å²) in [7, 11) is -3.69. The molecule has 0 spiro atoms. The average Bonchev–Trinajstić information content (AvgIpc) is 3.15. The summed E-state index contributed by atoms with van der Waals surface area (Å²) >= 11 is 0. The van der Waals surface area contributed by atoms with Gasteiger partial charge in [-0.15, -0.1) is 0 Å². The molecule has 7 nitrogen and oxygen atoms in total. The fourth-order valence-corrected chi connectivity index (χ4v) is 5.88. The first kappa shape index (κ1) is 26.3. The van der Waals surface area contributed by atoms with Crippen molar-refractivity contribution < 1.29 is 23.1 Å². The Kier molecular flexibility index (Phi) is 7.30. The SMILES string of the molecule is Cc1ccc(-c2c(C)c3c(c(C)c2C(OC(C)(C)C)C(=O)O)CN(S(=O)(=O)NC(C)C)C3)cc1. The first-order valence-corrected chi connectivity index (χ1v) is 13.0. The highest BCUT2D eigenvalue weighted by Crippen LogP contribution is 2.44. The van der Waals surface area contributed by atoms with Crippen LogP contribution in [-0.2, 0) is 32.8 Å². The molecule has 1 aliphatic rings. The monoisotopic (exact) mass is 488 g/mol. The predicted molar refractivity (Wildman–Crippen MR) is 134 cm³/mol. The number of rotatable bonds is 7. The van der Waals surface area contributed by atoms with Gasteiger partial charge in [0.1, 0.15) is 0 Å². The van der Waals surface area contributed by atoms with Crippen molar-refractivity contribution in [3.63, 3.8) is 0 Å². The maximum atomic E-state index is 12.9. The quantitative estimate of drug-likeness (QED) is 0.585. The molecule has 1 heterocycles. The molecular formula is C26H36N2O5S. The number of nitrogens with one attached hydrogen (secondary N) is 1. The van der Waals surface area contributed by atoms with Crippen molar-refractivity contribution in [1.82, 2.24) is 9.03 Å². The summed E-state index contributed by atoms with van der Waals surface area (Å²) in [6.45, 7) is 15.3. The highest BCUT2D eigenvalue weighted by molar-refractivity contribution is 7.87. The molecule has 1 unspecified atom stereocenters. The van der Waals surface area contributed by atoms with Crippen molar-refractivity contribution in [2.75, 3.05) is 0 Å². The predicted octanol–water partition coefficient (Wildman–Crippen LogP) is 4.78. The number of carbonyl (C=O) groups is 1. The Morgan fingerprint density at radius 2 is 1.56 bits per heavy atom. The number of carboxylic acids is 1. The van der Waals surface area contributed by atoms with Gasteiger partial charge in [-0.1, -0.05) is 29.8 Å². The minimum Gasteiger partial charge on any atom is -0.479 e. The second-order valence-electron chi connectivity index (χ2n) is 10.4. The van der Waals surface area contributed by atoms with Gasteiger partial charge in [-0.2, -0.15) is 17.4 Å². The average molecular weight is 489 g/mol. The van der Waals surface area contributed by atoms with Crippen LogP contribution in [-0.4, -0.2) is 35.4 Å². The van der Waals surface area contributed by atoms with Crippen LogP contribution in [0.5, 0.6) is 0 Å². The van der Waals surface area contributed by atoms with E-state index in [1.54, 1.807) is 13.8 Å². The van der Waals surface area contributed by atoms with Crippen LogP contribution in [0, 0.1) is 20.8 Å². The smallest absolute Gasteiger partial charge is 0.337 e. The number of ether oxygens (including phenoxy) is 1. The maximum Gasteiger partial charge on any atom is 0.337 e. The van der Waals surface area contributed by atoms with Crippen molar-refractivity contribution in [2.24, 2.45) is 0 Å². The van der Waals surface area contributed by atoms with E-state index < -0.39 is 27.9 Å². The van der Waals surface area contributed by atoms with Gasteiger partial charge in [0.15, 0.2) is 6.10 Å². The summed E-state index contributed by atoms with van der Waals surface area (Å²) in [5.74, 6) is -1.07. The number of aryl methyl sites for hydroxylation is 1. The number of hydrogen-bond acceptors (Lipinski definition) is 4. The van der Waals surface area contributed by atoms with Crippen molar-refractivity contribution >= 4 is 16.2 Å². The summed E-state index contributed by atoms with van der Waals surface area (Å²) in [6.07, 6.45) is -1.19. The van der Waals surface area contributed by atoms with E-state index in [1.165, 1.54) is 4.31 Å². The lowest BCUT2D eigenvalue weighted by atomic mass is 9.83. The number of nitrogens with zero attached hydrogens (tertiary/aromatic N) is 1. The molecule has 0 saturated heterocycles. The molecule has 0 aromatic heterocycles. The van der Waals surface area contributed by atoms with E-state index in [4.69, 9.17) is 4.74 Å². The van der Waals surface area contributed by atoms with Gasteiger partial charge in [0.05, 0.1) is 5.60 Å². The number of fused-ring (bicyclic) bond motifs is 1. The van der Waals surface area contributed by atoms with Crippen LogP contribution in [0.3, 0.4) is 0 Å². The zero-order chi connectivity index (χ0) is 25.6. The Bertz CT molecular complexity index is 1200. The minimum atomic E-state index is -3.69. The molecule has 8 heteroatoms. The lowest BCUT2D eigenvalue weighted by Gasteiger charge is -2.30.